The van der Waals surface area contributed by atoms with E-state index in [-0.39, 0.29) is 17.8 Å². The Bertz CT molecular complexity index is 232. The van der Waals surface area contributed by atoms with Gasteiger partial charge in [0.15, 0.2) is 0 Å². The van der Waals surface area contributed by atoms with E-state index in [0.717, 1.165) is 26.1 Å². The van der Waals surface area contributed by atoms with E-state index in [1.807, 2.05) is 0 Å². The molecule has 0 radical (unpaired) electrons. The first-order chi connectivity index (χ1) is 9.58. The molecule has 0 N–H and O–H groups in total. The van der Waals surface area contributed by atoms with Gasteiger partial charge in [-0.15, -0.1) is 0 Å². The highest BCUT2D eigenvalue weighted by Gasteiger charge is 2.25. The Hall–Kier alpha value is -0.650. The maximum atomic E-state index is 11.0. The van der Waals surface area contributed by atoms with Gasteiger partial charge in [-0.25, -0.2) is 0 Å². The van der Waals surface area contributed by atoms with E-state index in [9.17, 15) is 4.79 Å². The quantitative estimate of drug-likeness (QED) is 0.385. The van der Waals surface area contributed by atoms with Crippen LogP contribution in [0.1, 0.15) is 40.0 Å². The lowest BCUT2D eigenvalue weighted by Crippen LogP contribution is -2.35. The number of hydrogen-bond donors (Lipinski definition) is 0. The summed E-state index contributed by atoms with van der Waals surface area (Å²) in [6.07, 6.45) is 2.27. The van der Waals surface area contributed by atoms with Gasteiger partial charge in [0.25, 0.3) is 0 Å². The normalized spacial score (nSPS) is 11.6. The molecule has 0 bridgehead atoms. The van der Waals surface area contributed by atoms with Crippen LogP contribution in [0.3, 0.4) is 0 Å². The van der Waals surface area contributed by atoms with Gasteiger partial charge in [-0.2, -0.15) is 0 Å². The van der Waals surface area contributed by atoms with E-state index in [4.69, 9.17) is 14.2 Å². The van der Waals surface area contributed by atoms with Gasteiger partial charge < -0.3 is 18.9 Å². The van der Waals surface area contributed by atoms with Gasteiger partial charge in [-0.05, 0) is 12.8 Å². The van der Waals surface area contributed by atoms with Crippen molar-refractivity contribution in [3.05, 3.63) is 0 Å². The van der Waals surface area contributed by atoms with Crippen molar-refractivity contribution in [1.29, 1.82) is 0 Å². The first-order valence-corrected chi connectivity index (χ1v) is 7.38. The molecule has 0 aliphatic carbocycles. The molecule has 0 rings (SSSR count). The fourth-order valence-corrected chi connectivity index (χ4v) is 1.63. The van der Waals surface area contributed by atoms with E-state index < -0.39 is 0 Å². The Labute approximate surface area is 122 Å². The van der Waals surface area contributed by atoms with Gasteiger partial charge >= 0.3 is 5.97 Å². The molecule has 0 unspecified atom stereocenters. The van der Waals surface area contributed by atoms with Crippen molar-refractivity contribution >= 4 is 5.97 Å². The van der Waals surface area contributed by atoms with Crippen LogP contribution in [0.4, 0.5) is 0 Å². The maximum Gasteiger partial charge on any atom is 0.307 e. The zero-order chi connectivity index (χ0) is 15.3. The summed E-state index contributed by atoms with van der Waals surface area (Å²) in [6.45, 7) is 9.80. The lowest BCUT2D eigenvalue weighted by molar-refractivity contribution is -0.142. The molecule has 5 heteroatoms. The second-order valence-corrected chi connectivity index (χ2v) is 5.29. The van der Waals surface area contributed by atoms with Crippen molar-refractivity contribution in [2.75, 3.05) is 46.8 Å². The Balaban J connectivity index is 4.04. The van der Waals surface area contributed by atoms with E-state index >= 15 is 0 Å². The molecule has 0 heterocycles. The molecule has 5 nitrogen and oxygen atoms in total. The zero-order valence-electron chi connectivity index (χ0n) is 13.4. The third kappa shape index (κ3) is 10.2. The summed E-state index contributed by atoms with van der Waals surface area (Å²) in [5.41, 5.74) is -0.180. The minimum Gasteiger partial charge on any atom is -0.469 e. The fourth-order valence-electron chi connectivity index (χ4n) is 1.63. The molecule has 0 saturated carbocycles. The number of methoxy groups -OCH3 is 1. The number of hydrogen-bond acceptors (Lipinski definition) is 5. The number of carbonyl (C=O) groups excluding carboxylic acids is 1. The number of ether oxygens (including phenoxy) is 4. The summed E-state index contributed by atoms with van der Waals surface area (Å²) in [6, 6.07) is 0. The molecule has 0 aliphatic rings. The van der Waals surface area contributed by atoms with Crippen LogP contribution in [-0.4, -0.2) is 52.7 Å². The van der Waals surface area contributed by atoms with Crippen LogP contribution in [0.15, 0.2) is 0 Å². The molecule has 0 fully saturated rings. The van der Waals surface area contributed by atoms with Crippen molar-refractivity contribution in [1.82, 2.24) is 0 Å². The predicted octanol–water partition coefficient (Wildman–Crippen LogP) is 2.43. The Morgan fingerprint density at radius 2 is 1.35 bits per heavy atom. The molecule has 0 spiro atoms. The van der Waals surface area contributed by atoms with Crippen molar-refractivity contribution in [2.24, 2.45) is 5.41 Å². The van der Waals surface area contributed by atoms with Crippen LogP contribution in [0, 0.1) is 5.41 Å². The number of esters is 1. The lowest BCUT2D eigenvalue weighted by atomic mass is 9.94. The predicted molar refractivity (Wildman–Crippen MR) is 77.8 cm³/mol. The van der Waals surface area contributed by atoms with Gasteiger partial charge in [0.2, 0.25) is 0 Å². The van der Waals surface area contributed by atoms with Crippen LogP contribution >= 0.6 is 0 Å². The van der Waals surface area contributed by atoms with Crippen molar-refractivity contribution in [2.45, 2.75) is 40.0 Å². The number of carbonyl (C=O) groups is 1. The second kappa shape index (κ2) is 12.1. The molecule has 0 aromatic carbocycles. The second-order valence-electron chi connectivity index (χ2n) is 5.29. The molecule has 120 valence electrons. The van der Waals surface area contributed by atoms with Gasteiger partial charge in [0, 0.05) is 18.6 Å². The molecular formula is C15H30O5. The fraction of sp³-hybridized carbons (Fsp3) is 0.933. The lowest BCUT2D eigenvalue weighted by Gasteiger charge is -2.29. The van der Waals surface area contributed by atoms with Crippen LogP contribution in [-0.2, 0) is 23.7 Å². The summed E-state index contributed by atoms with van der Waals surface area (Å²) < 4.78 is 21.4. The standard InChI is InChI=1S/C15H30O5/c1-5-8-18-11-15(3,12-19-9-6-2)13-20-10-7-14(16)17-4/h5-13H2,1-4H3. The topological polar surface area (TPSA) is 54.0 Å². The SMILES string of the molecule is CCCOCC(C)(COCCC)COCCC(=O)OC. The summed E-state index contributed by atoms with van der Waals surface area (Å²) in [5.74, 6) is -0.254. The summed E-state index contributed by atoms with van der Waals surface area (Å²) in [5, 5.41) is 0. The smallest absolute Gasteiger partial charge is 0.307 e. The van der Waals surface area contributed by atoms with Crippen LogP contribution < -0.4 is 0 Å². The highest BCUT2D eigenvalue weighted by Crippen LogP contribution is 2.19. The first-order valence-electron chi connectivity index (χ1n) is 7.38. The van der Waals surface area contributed by atoms with Gasteiger partial charge in [0.05, 0.1) is 40.0 Å². The van der Waals surface area contributed by atoms with E-state index in [1.54, 1.807) is 0 Å². The largest absolute Gasteiger partial charge is 0.469 e. The summed E-state index contributed by atoms with van der Waals surface area (Å²) in [7, 11) is 1.38. The Morgan fingerprint density at radius 1 is 0.900 bits per heavy atom. The molecule has 0 aromatic heterocycles. The van der Waals surface area contributed by atoms with Crippen molar-refractivity contribution < 1.29 is 23.7 Å². The molecule has 0 aliphatic heterocycles. The van der Waals surface area contributed by atoms with Gasteiger partial charge in [0.1, 0.15) is 0 Å². The number of rotatable bonds is 13. The van der Waals surface area contributed by atoms with E-state index in [2.05, 4.69) is 25.5 Å². The average Bonchev–Trinajstić information content (AvgIpc) is 2.44. The minimum absolute atomic E-state index is 0.180. The van der Waals surface area contributed by atoms with E-state index in [0.29, 0.717) is 26.4 Å². The van der Waals surface area contributed by atoms with Gasteiger partial charge in [-0.3, -0.25) is 4.79 Å². The monoisotopic (exact) mass is 290 g/mol. The molecule has 20 heavy (non-hydrogen) atoms. The third-order valence-corrected chi connectivity index (χ3v) is 2.73. The Kier molecular flexibility index (Phi) is 11.7. The van der Waals surface area contributed by atoms with Crippen LogP contribution in [0.25, 0.3) is 0 Å². The molecule has 0 saturated heterocycles. The van der Waals surface area contributed by atoms with E-state index in [1.165, 1.54) is 7.11 Å². The van der Waals surface area contributed by atoms with Crippen LogP contribution in [0.2, 0.25) is 0 Å². The molecule has 0 amide bonds. The molecule has 0 atom stereocenters. The van der Waals surface area contributed by atoms with Crippen LogP contribution in [0.5, 0.6) is 0 Å². The minimum atomic E-state index is -0.254. The maximum absolute atomic E-state index is 11.0. The zero-order valence-corrected chi connectivity index (χ0v) is 13.4. The summed E-state index contributed by atoms with van der Waals surface area (Å²) >= 11 is 0. The van der Waals surface area contributed by atoms with Gasteiger partial charge in [-0.1, -0.05) is 20.8 Å². The highest BCUT2D eigenvalue weighted by atomic mass is 16.5. The Morgan fingerprint density at radius 3 is 1.75 bits per heavy atom. The summed E-state index contributed by atoms with van der Waals surface area (Å²) in [4.78, 5) is 11.0. The molecule has 0 aromatic rings. The third-order valence-electron chi connectivity index (χ3n) is 2.73. The average molecular weight is 290 g/mol. The van der Waals surface area contributed by atoms with Crippen molar-refractivity contribution in [3.63, 3.8) is 0 Å². The van der Waals surface area contributed by atoms with Crippen molar-refractivity contribution in [3.8, 4) is 0 Å². The molecular weight excluding hydrogens is 260 g/mol. The first kappa shape index (κ1) is 19.4. The highest BCUT2D eigenvalue weighted by molar-refractivity contribution is 5.69.